The van der Waals surface area contributed by atoms with Crippen LogP contribution in [0, 0.1) is 0 Å². The van der Waals surface area contributed by atoms with Gasteiger partial charge < -0.3 is 10.1 Å². The molecule has 0 aliphatic heterocycles. The molecule has 0 heterocycles. The van der Waals surface area contributed by atoms with Crippen LogP contribution in [0.15, 0.2) is 30.9 Å². The first kappa shape index (κ1) is 13.1. The fourth-order valence-corrected chi connectivity index (χ4v) is 1.87. The van der Waals surface area contributed by atoms with Crippen LogP contribution in [0.25, 0.3) is 0 Å². The third-order valence-electron chi connectivity index (χ3n) is 2.42. The van der Waals surface area contributed by atoms with Crippen molar-refractivity contribution in [2.45, 2.75) is 19.4 Å². The highest BCUT2D eigenvalue weighted by molar-refractivity contribution is 6.30. The van der Waals surface area contributed by atoms with E-state index in [1.54, 1.807) is 7.11 Å². The van der Waals surface area contributed by atoms with Crippen LogP contribution >= 0.6 is 11.6 Å². The van der Waals surface area contributed by atoms with Gasteiger partial charge in [0.05, 0.1) is 7.11 Å². The van der Waals surface area contributed by atoms with Gasteiger partial charge in [0.15, 0.2) is 0 Å². The van der Waals surface area contributed by atoms with Gasteiger partial charge in [-0.15, -0.1) is 6.58 Å². The molecule has 0 aromatic heterocycles. The molecule has 0 radical (unpaired) electrons. The Morgan fingerprint density at radius 3 is 2.88 bits per heavy atom. The summed E-state index contributed by atoms with van der Waals surface area (Å²) in [4.78, 5) is 0. The minimum absolute atomic E-state index is 0.231. The zero-order valence-corrected chi connectivity index (χ0v) is 10.6. The lowest BCUT2D eigenvalue weighted by Crippen LogP contribution is -2.20. The van der Waals surface area contributed by atoms with Crippen molar-refractivity contribution < 1.29 is 4.74 Å². The molecule has 1 unspecified atom stereocenters. The average Bonchev–Trinajstić information content (AvgIpc) is 2.28. The lowest BCUT2D eigenvalue weighted by molar-refractivity contribution is 0.400. The predicted molar refractivity (Wildman–Crippen MR) is 69.2 cm³/mol. The summed E-state index contributed by atoms with van der Waals surface area (Å²) in [6.45, 7) is 6.76. The second-order valence-corrected chi connectivity index (χ2v) is 3.96. The summed E-state index contributed by atoms with van der Waals surface area (Å²) in [6, 6.07) is 5.95. The molecule has 0 spiro atoms. The van der Waals surface area contributed by atoms with Crippen LogP contribution in [0.1, 0.15) is 24.9 Å². The number of rotatable bonds is 6. The third kappa shape index (κ3) is 3.26. The van der Waals surface area contributed by atoms with Crippen LogP contribution in [0.5, 0.6) is 5.75 Å². The van der Waals surface area contributed by atoms with E-state index in [4.69, 9.17) is 16.3 Å². The first-order valence-corrected chi connectivity index (χ1v) is 5.78. The maximum absolute atomic E-state index is 5.93. The molecule has 0 saturated carbocycles. The number of halogens is 1. The number of benzene rings is 1. The summed E-state index contributed by atoms with van der Waals surface area (Å²) in [5, 5.41) is 4.09. The normalized spacial score (nSPS) is 12.2. The molecule has 3 heteroatoms. The van der Waals surface area contributed by atoms with Crippen molar-refractivity contribution in [3.05, 3.63) is 41.4 Å². The van der Waals surface area contributed by atoms with Crippen LogP contribution in [0.3, 0.4) is 0 Å². The van der Waals surface area contributed by atoms with Gasteiger partial charge in [0.2, 0.25) is 0 Å². The van der Waals surface area contributed by atoms with Crippen molar-refractivity contribution in [1.29, 1.82) is 0 Å². The van der Waals surface area contributed by atoms with Crippen molar-refractivity contribution in [1.82, 2.24) is 5.32 Å². The van der Waals surface area contributed by atoms with Gasteiger partial charge in [0.1, 0.15) is 5.75 Å². The molecule has 0 aliphatic carbocycles. The Balaban J connectivity index is 3.01. The van der Waals surface area contributed by atoms with Gasteiger partial charge in [-0.2, -0.15) is 0 Å². The van der Waals surface area contributed by atoms with Crippen molar-refractivity contribution in [2.75, 3.05) is 13.7 Å². The monoisotopic (exact) mass is 239 g/mol. The van der Waals surface area contributed by atoms with Gasteiger partial charge in [0, 0.05) is 16.6 Å². The fourth-order valence-electron chi connectivity index (χ4n) is 1.71. The molecule has 1 rings (SSSR count). The summed E-state index contributed by atoms with van der Waals surface area (Å²) in [6.07, 6.45) is 2.77. The maximum Gasteiger partial charge on any atom is 0.125 e. The van der Waals surface area contributed by atoms with Crippen molar-refractivity contribution in [3.8, 4) is 5.75 Å². The molecule has 88 valence electrons. The zero-order valence-electron chi connectivity index (χ0n) is 9.79. The summed E-state index contributed by atoms with van der Waals surface area (Å²) in [5.74, 6) is 0.820. The van der Waals surface area contributed by atoms with Gasteiger partial charge in [0.25, 0.3) is 0 Å². The Morgan fingerprint density at radius 2 is 2.31 bits per heavy atom. The van der Waals surface area contributed by atoms with Crippen molar-refractivity contribution >= 4 is 11.6 Å². The van der Waals surface area contributed by atoms with Gasteiger partial charge in [-0.3, -0.25) is 0 Å². The molecule has 1 atom stereocenters. The first-order chi connectivity index (χ1) is 7.72. The van der Waals surface area contributed by atoms with Gasteiger partial charge in [-0.25, -0.2) is 0 Å². The number of hydrogen-bond donors (Lipinski definition) is 1. The van der Waals surface area contributed by atoms with E-state index in [0.29, 0.717) is 5.02 Å². The van der Waals surface area contributed by atoms with Gasteiger partial charge >= 0.3 is 0 Å². The zero-order chi connectivity index (χ0) is 12.0. The highest BCUT2D eigenvalue weighted by atomic mass is 35.5. The number of ether oxygens (including phenoxy) is 1. The maximum atomic E-state index is 5.93. The molecule has 2 nitrogen and oxygen atoms in total. The summed E-state index contributed by atoms with van der Waals surface area (Å²) < 4.78 is 5.34. The van der Waals surface area contributed by atoms with Crippen LogP contribution in [0.4, 0.5) is 0 Å². The molecule has 16 heavy (non-hydrogen) atoms. The molecule has 0 bridgehead atoms. The Labute approximate surface area is 102 Å². The summed E-state index contributed by atoms with van der Waals surface area (Å²) >= 11 is 5.93. The van der Waals surface area contributed by atoms with E-state index in [1.807, 2.05) is 24.3 Å². The van der Waals surface area contributed by atoms with E-state index in [2.05, 4.69) is 18.8 Å². The molecular formula is C13H18ClNO. The lowest BCUT2D eigenvalue weighted by atomic mass is 10.0. The minimum Gasteiger partial charge on any atom is -0.496 e. The van der Waals surface area contributed by atoms with E-state index in [-0.39, 0.29) is 6.04 Å². The quantitative estimate of drug-likeness (QED) is 0.767. The summed E-state index contributed by atoms with van der Waals surface area (Å²) in [7, 11) is 1.66. The smallest absolute Gasteiger partial charge is 0.125 e. The molecule has 1 aromatic carbocycles. The van der Waals surface area contributed by atoms with E-state index in [0.717, 1.165) is 24.3 Å². The molecule has 1 aromatic rings. The first-order valence-electron chi connectivity index (χ1n) is 5.40. The Hall–Kier alpha value is -0.990. The largest absolute Gasteiger partial charge is 0.496 e. The molecule has 0 saturated heterocycles. The second-order valence-electron chi connectivity index (χ2n) is 3.52. The molecule has 1 N–H and O–H groups in total. The number of hydrogen-bond acceptors (Lipinski definition) is 2. The van der Waals surface area contributed by atoms with E-state index in [1.165, 1.54) is 0 Å². The second kappa shape index (κ2) is 6.56. The third-order valence-corrected chi connectivity index (χ3v) is 2.66. The molecule has 0 fully saturated rings. The average molecular weight is 240 g/mol. The molecule has 0 aliphatic rings. The van der Waals surface area contributed by atoms with Crippen LogP contribution in [0.2, 0.25) is 5.02 Å². The van der Waals surface area contributed by atoms with E-state index in [9.17, 15) is 0 Å². The number of methoxy groups -OCH3 is 1. The van der Waals surface area contributed by atoms with E-state index >= 15 is 0 Å². The lowest BCUT2D eigenvalue weighted by Gasteiger charge is -2.19. The van der Waals surface area contributed by atoms with Gasteiger partial charge in [-0.05, 0) is 25.1 Å². The van der Waals surface area contributed by atoms with Crippen LogP contribution < -0.4 is 10.1 Å². The van der Waals surface area contributed by atoms with Crippen LogP contribution in [-0.2, 0) is 0 Å². The Bertz CT molecular complexity index is 352. The number of nitrogens with one attached hydrogen (secondary N) is 1. The fraction of sp³-hybridized carbons (Fsp3) is 0.385. The Morgan fingerprint density at radius 1 is 1.56 bits per heavy atom. The van der Waals surface area contributed by atoms with Crippen LogP contribution in [-0.4, -0.2) is 13.7 Å². The topological polar surface area (TPSA) is 21.3 Å². The highest BCUT2D eigenvalue weighted by Crippen LogP contribution is 2.30. The van der Waals surface area contributed by atoms with Gasteiger partial charge in [-0.1, -0.05) is 30.7 Å². The minimum atomic E-state index is 0.231. The summed E-state index contributed by atoms with van der Waals surface area (Å²) in [5.41, 5.74) is 1.12. The van der Waals surface area contributed by atoms with Crippen molar-refractivity contribution in [2.24, 2.45) is 0 Å². The molecule has 0 amide bonds. The molecular weight excluding hydrogens is 222 g/mol. The SMILES string of the molecule is C=CCC(NCC)c1ccc(Cl)cc1OC. The highest BCUT2D eigenvalue weighted by Gasteiger charge is 2.13. The Kier molecular flexibility index (Phi) is 5.36. The van der Waals surface area contributed by atoms with E-state index < -0.39 is 0 Å². The standard InChI is InChI=1S/C13H18ClNO/c1-4-6-12(15-5-2)11-8-7-10(14)9-13(11)16-3/h4,7-9,12,15H,1,5-6H2,2-3H3. The predicted octanol–water partition coefficient (Wildman–Crippen LogP) is 3.58. The van der Waals surface area contributed by atoms with Crippen molar-refractivity contribution in [3.63, 3.8) is 0 Å².